The summed E-state index contributed by atoms with van der Waals surface area (Å²) in [6.07, 6.45) is 1.25. The summed E-state index contributed by atoms with van der Waals surface area (Å²) in [5.41, 5.74) is 0. The molecule has 0 radical (unpaired) electrons. The molecule has 0 aliphatic carbocycles. The van der Waals surface area contributed by atoms with Gasteiger partial charge in [-0.15, -0.1) is 0 Å². The minimum Gasteiger partial charge on any atom is -0.455 e. The van der Waals surface area contributed by atoms with Crippen LogP contribution >= 0.6 is 0 Å². The van der Waals surface area contributed by atoms with Crippen LogP contribution in [0, 0.1) is 0 Å². The quantitative estimate of drug-likeness (QED) is 0.573. The maximum absolute atomic E-state index is 11.1. The molecule has 0 atom stereocenters. The highest BCUT2D eigenvalue weighted by molar-refractivity contribution is 5.69. The second kappa shape index (κ2) is 2.55. The first kappa shape index (κ1) is 7.21. The van der Waals surface area contributed by atoms with E-state index >= 15 is 0 Å². The van der Waals surface area contributed by atoms with E-state index in [0.717, 1.165) is 11.5 Å². The molecule has 0 aromatic rings. The Hall–Kier alpha value is -1.45. The van der Waals surface area contributed by atoms with E-state index in [1.54, 1.807) is 11.0 Å². The average molecular weight is 167 g/mol. The maximum atomic E-state index is 11.1. The Morgan fingerprint density at radius 2 is 2.33 bits per heavy atom. The molecule has 2 aliphatic heterocycles. The molecule has 2 aliphatic rings. The van der Waals surface area contributed by atoms with E-state index < -0.39 is 0 Å². The third-order valence-corrected chi connectivity index (χ3v) is 1.77. The number of amides is 1. The summed E-state index contributed by atoms with van der Waals surface area (Å²) in [4.78, 5) is 12.7. The first-order valence-electron chi connectivity index (χ1n) is 3.73. The summed E-state index contributed by atoms with van der Waals surface area (Å²) in [6.45, 7) is 4.84. The molecule has 0 aromatic heterocycles. The van der Waals surface area contributed by atoms with Crippen LogP contribution in [-0.4, -0.2) is 30.7 Å². The van der Waals surface area contributed by atoms with Gasteiger partial charge in [0.2, 0.25) is 0 Å². The van der Waals surface area contributed by atoms with Crippen LogP contribution in [0.5, 0.6) is 0 Å². The predicted octanol–water partition coefficient (Wildman–Crippen LogP) is 0.866. The number of carbonyl (C=O) groups excluding carboxylic acids is 1. The summed E-state index contributed by atoms with van der Waals surface area (Å²) in [5.74, 6) is 1.84. The Balaban J connectivity index is 1.78. The Morgan fingerprint density at radius 1 is 1.67 bits per heavy atom. The van der Waals surface area contributed by atoms with E-state index in [9.17, 15) is 4.79 Å². The fourth-order valence-electron chi connectivity index (χ4n) is 1.12. The second-order valence-electron chi connectivity index (χ2n) is 2.67. The van der Waals surface area contributed by atoms with Gasteiger partial charge in [-0.05, 0) is 0 Å². The van der Waals surface area contributed by atoms with E-state index in [-0.39, 0.29) is 12.7 Å². The summed E-state index contributed by atoms with van der Waals surface area (Å²) < 4.78 is 9.83. The molecule has 0 spiro atoms. The van der Waals surface area contributed by atoms with E-state index in [1.165, 1.54) is 0 Å². The molecule has 1 amide bonds. The molecule has 4 nitrogen and oxygen atoms in total. The number of hydrogen-bond acceptors (Lipinski definition) is 3. The third-order valence-electron chi connectivity index (χ3n) is 1.77. The van der Waals surface area contributed by atoms with Crippen LogP contribution in [0.25, 0.3) is 0 Å². The van der Waals surface area contributed by atoms with Crippen LogP contribution in [0.3, 0.4) is 0 Å². The molecular weight excluding hydrogens is 158 g/mol. The van der Waals surface area contributed by atoms with Crippen LogP contribution in [0.15, 0.2) is 24.2 Å². The van der Waals surface area contributed by atoms with E-state index in [2.05, 4.69) is 6.58 Å². The first-order chi connectivity index (χ1) is 5.81. The fourth-order valence-corrected chi connectivity index (χ4v) is 1.12. The second-order valence-corrected chi connectivity index (χ2v) is 2.67. The predicted molar refractivity (Wildman–Crippen MR) is 41.2 cm³/mol. The number of rotatable bonds is 2. The summed E-state index contributed by atoms with van der Waals surface area (Å²) in [5, 5.41) is 0. The minimum atomic E-state index is -0.300. The van der Waals surface area contributed by atoms with Crippen molar-refractivity contribution < 1.29 is 14.3 Å². The number of carbonyl (C=O) groups is 1. The molecule has 0 fully saturated rings. The zero-order chi connectivity index (χ0) is 8.55. The van der Waals surface area contributed by atoms with Crippen LogP contribution in [-0.2, 0) is 9.47 Å². The monoisotopic (exact) mass is 167 g/mol. The van der Waals surface area contributed by atoms with E-state index in [4.69, 9.17) is 9.47 Å². The number of hydrogen-bond donors (Lipinski definition) is 0. The van der Waals surface area contributed by atoms with Crippen molar-refractivity contribution in [3.8, 4) is 0 Å². The molecule has 0 aromatic carbocycles. The third kappa shape index (κ3) is 1.15. The van der Waals surface area contributed by atoms with Gasteiger partial charge in [0.1, 0.15) is 6.61 Å². The number of nitrogens with zero attached hydrogens (tertiary/aromatic N) is 1. The van der Waals surface area contributed by atoms with Gasteiger partial charge in [0.15, 0.2) is 11.5 Å². The van der Waals surface area contributed by atoms with Crippen molar-refractivity contribution in [3.05, 3.63) is 24.2 Å². The van der Waals surface area contributed by atoms with Crippen molar-refractivity contribution >= 4 is 6.09 Å². The molecule has 0 saturated carbocycles. The minimum absolute atomic E-state index is 0.265. The van der Waals surface area contributed by atoms with Crippen molar-refractivity contribution in [1.29, 1.82) is 0 Å². The Labute approximate surface area is 70.1 Å². The van der Waals surface area contributed by atoms with Crippen molar-refractivity contribution in [2.45, 2.75) is 0 Å². The van der Waals surface area contributed by atoms with Gasteiger partial charge in [0.05, 0.1) is 13.1 Å². The van der Waals surface area contributed by atoms with Gasteiger partial charge < -0.3 is 9.47 Å². The molecule has 0 N–H and O–H groups in total. The van der Waals surface area contributed by atoms with Gasteiger partial charge in [-0.25, -0.2) is 4.79 Å². The lowest BCUT2D eigenvalue weighted by Crippen LogP contribution is -2.31. The Bertz CT molecular complexity index is 255. The van der Waals surface area contributed by atoms with Crippen molar-refractivity contribution in [2.24, 2.45) is 0 Å². The van der Waals surface area contributed by atoms with Gasteiger partial charge in [-0.1, -0.05) is 12.7 Å². The van der Waals surface area contributed by atoms with Gasteiger partial charge in [-0.2, -0.15) is 0 Å². The van der Waals surface area contributed by atoms with E-state index in [0.29, 0.717) is 13.1 Å². The summed E-state index contributed by atoms with van der Waals surface area (Å²) >= 11 is 0. The van der Waals surface area contributed by atoms with Crippen molar-refractivity contribution in [3.63, 3.8) is 0 Å². The Kier molecular flexibility index (Phi) is 1.53. The summed E-state index contributed by atoms with van der Waals surface area (Å²) in [6, 6.07) is 0. The lowest BCUT2D eigenvalue weighted by Gasteiger charge is -2.16. The molecule has 12 heavy (non-hydrogen) atoms. The highest BCUT2D eigenvalue weighted by Gasteiger charge is 2.38. The molecule has 0 unspecified atom stereocenters. The Morgan fingerprint density at radius 3 is 2.92 bits per heavy atom. The van der Waals surface area contributed by atoms with Gasteiger partial charge >= 0.3 is 6.09 Å². The molecule has 0 bridgehead atoms. The topological polar surface area (TPSA) is 42.1 Å². The maximum Gasteiger partial charge on any atom is 0.410 e. The van der Waals surface area contributed by atoms with Crippen LogP contribution in [0.2, 0.25) is 0 Å². The zero-order valence-corrected chi connectivity index (χ0v) is 6.58. The van der Waals surface area contributed by atoms with Crippen molar-refractivity contribution in [1.82, 2.24) is 4.90 Å². The summed E-state index contributed by atoms with van der Waals surface area (Å²) in [7, 11) is 0. The molecule has 0 saturated heterocycles. The molecule has 2 heterocycles. The average Bonchev–Trinajstić information content (AvgIpc) is 2.69. The van der Waals surface area contributed by atoms with Gasteiger partial charge in [0.25, 0.3) is 0 Å². The number of ether oxygens (including phenoxy) is 2. The van der Waals surface area contributed by atoms with Crippen LogP contribution in [0.4, 0.5) is 4.79 Å². The zero-order valence-electron chi connectivity index (χ0n) is 6.58. The highest BCUT2D eigenvalue weighted by Crippen LogP contribution is 2.33. The standard InChI is InChI=1S/C8H9NO3/c1-2-3-11-8(10)9-4-6-7(5-9)12-6/h2H,1,3-5H2. The van der Waals surface area contributed by atoms with E-state index in [1.807, 2.05) is 0 Å². The first-order valence-corrected chi connectivity index (χ1v) is 3.73. The van der Waals surface area contributed by atoms with Gasteiger partial charge in [-0.3, -0.25) is 4.90 Å². The molecule has 64 valence electrons. The molecule has 4 heteroatoms. The SMILES string of the molecule is C=CCOC(=O)N1CC2=C(C1)O2. The smallest absolute Gasteiger partial charge is 0.410 e. The number of morpholine rings is 1. The highest BCUT2D eigenvalue weighted by atomic mass is 16.6. The molecule has 2 rings (SSSR count). The van der Waals surface area contributed by atoms with Crippen LogP contribution in [0.1, 0.15) is 0 Å². The molecular formula is C8H9NO3. The van der Waals surface area contributed by atoms with Gasteiger partial charge in [0, 0.05) is 0 Å². The van der Waals surface area contributed by atoms with Crippen molar-refractivity contribution in [2.75, 3.05) is 19.7 Å². The fraction of sp³-hybridized carbons (Fsp3) is 0.375. The normalized spacial score (nSPS) is 18.5. The van der Waals surface area contributed by atoms with Crippen LogP contribution < -0.4 is 0 Å². The lowest BCUT2D eigenvalue weighted by atomic mass is 10.6. The largest absolute Gasteiger partial charge is 0.455 e. The lowest BCUT2D eigenvalue weighted by molar-refractivity contribution is 0.113.